The van der Waals surface area contributed by atoms with E-state index in [1.54, 1.807) is 0 Å². The highest BCUT2D eigenvalue weighted by Crippen LogP contribution is 2.35. The smallest absolute Gasteiger partial charge is 0.225 e. The van der Waals surface area contributed by atoms with Crippen molar-refractivity contribution in [2.45, 2.75) is 11.9 Å². The lowest BCUT2D eigenvalue weighted by Crippen LogP contribution is -2.34. The molecule has 0 aliphatic carbocycles. The van der Waals surface area contributed by atoms with Gasteiger partial charge < -0.3 is 0 Å². The van der Waals surface area contributed by atoms with E-state index in [-0.39, 0.29) is 17.3 Å². The average Bonchev–Trinajstić information content (AvgIpc) is 2.41. The summed E-state index contributed by atoms with van der Waals surface area (Å²) in [4.78, 5) is 23.5. The Kier molecular flexibility index (Phi) is 2.34. The van der Waals surface area contributed by atoms with Crippen LogP contribution < -0.4 is 4.90 Å². The molecule has 0 spiro atoms. The number of rotatable bonds is 0. The van der Waals surface area contributed by atoms with E-state index in [0.717, 1.165) is 6.07 Å². The van der Waals surface area contributed by atoms with Crippen LogP contribution in [0.4, 0.5) is 10.1 Å². The van der Waals surface area contributed by atoms with Crippen molar-refractivity contribution in [3.05, 3.63) is 29.6 Å². The Morgan fingerprint density at radius 1 is 1.53 bits per heavy atom. The van der Waals surface area contributed by atoms with Gasteiger partial charge in [0.05, 0.1) is 5.69 Å². The van der Waals surface area contributed by atoms with Gasteiger partial charge in [-0.25, -0.2) is 4.39 Å². The van der Waals surface area contributed by atoms with Gasteiger partial charge in [0.15, 0.2) is 10.7 Å². The Bertz CT molecular complexity index is 461. The van der Waals surface area contributed by atoms with Gasteiger partial charge in [0.25, 0.3) is 0 Å². The number of anilines is 1. The predicted molar refractivity (Wildman–Crippen MR) is 56.6 cm³/mol. The second-order valence-corrected chi connectivity index (χ2v) is 4.12. The van der Waals surface area contributed by atoms with Crippen molar-refractivity contribution in [1.82, 2.24) is 0 Å². The van der Waals surface area contributed by atoms with Crippen molar-refractivity contribution < 1.29 is 14.0 Å². The summed E-state index contributed by atoms with van der Waals surface area (Å²) < 4.78 is 12.9. The minimum Gasteiger partial charge on any atom is -0.291 e. The van der Waals surface area contributed by atoms with E-state index in [1.165, 1.54) is 24.0 Å². The Balaban J connectivity index is 2.60. The summed E-state index contributed by atoms with van der Waals surface area (Å²) in [5, 5.41) is 0. The molecule has 78 valence electrons. The molecule has 5 heteroatoms. The SMILES string of the molecule is CC(=O)N1c2ccc(F)cc2C(=O)C1Br. The first-order valence-electron chi connectivity index (χ1n) is 4.30. The third-order valence-corrected chi connectivity index (χ3v) is 3.09. The first-order chi connectivity index (χ1) is 7.02. The highest BCUT2D eigenvalue weighted by molar-refractivity contribution is 9.10. The number of hydrogen-bond donors (Lipinski definition) is 0. The van der Waals surface area contributed by atoms with E-state index in [0.29, 0.717) is 5.69 Å². The van der Waals surface area contributed by atoms with Crippen molar-refractivity contribution in [3.63, 3.8) is 0 Å². The molecule has 1 unspecified atom stereocenters. The molecule has 0 aromatic heterocycles. The summed E-state index contributed by atoms with van der Waals surface area (Å²) in [6.45, 7) is 1.36. The highest BCUT2D eigenvalue weighted by Gasteiger charge is 2.37. The molecular weight excluding hydrogens is 265 g/mol. The van der Waals surface area contributed by atoms with Crippen LogP contribution in [-0.2, 0) is 4.79 Å². The lowest BCUT2D eigenvalue weighted by Gasteiger charge is -2.17. The van der Waals surface area contributed by atoms with Crippen molar-refractivity contribution in [2.75, 3.05) is 4.90 Å². The van der Waals surface area contributed by atoms with Gasteiger partial charge in [-0.2, -0.15) is 0 Å². The summed E-state index contributed by atoms with van der Waals surface area (Å²) in [7, 11) is 0. The zero-order chi connectivity index (χ0) is 11.2. The van der Waals surface area contributed by atoms with Gasteiger partial charge in [-0.3, -0.25) is 14.5 Å². The van der Waals surface area contributed by atoms with E-state index < -0.39 is 10.8 Å². The standard InChI is InChI=1S/C10H7BrFNO2/c1-5(14)13-8-3-2-6(12)4-7(8)9(15)10(13)11/h2-4,10H,1H3. The molecular formula is C10H7BrFNO2. The van der Waals surface area contributed by atoms with Gasteiger partial charge in [-0.1, -0.05) is 15.9 Å². The van der Waals surface area contributed by atoms with Gasteiger partial charge >= 0.3 is 0 Å². The summed E-state index contributed by atoms with van der Waals surface area (Å²) in [6.07, 6.45) is 0. The molecule has 3 nitrogen and oxygen atoms in total. The van der Waals surface area contributed by atoms with Crippen molar-refractivity contribution in [3.8, 4) is 0 Å². The molecule has 0 radical (unpaired) electrons. The number of fused-ring (bicyclic) bond motifs is 1. The molecule has 1 amide bonds. The number of carbonyl (C=O) groups excluding carboxylic acids is 2. The van der Waals surface area contributed by atoms with Gasteiger partial charge in [-0.15, -0.1) is 0 Å². The summed E-state index contributed by atoms with van der Waals surface area (Å²) in [5.41, 5.74) is 0.697. The maximum atomic E-state index is 12.9. The molecule has 0 fully saturated rings. The Morgan fingerprint density at radius 2 is 2.20 bits per heavy atom. The van der Waals surface area contributed by atoms with Gasteiger partial charge in [-0.05, 0) is 18.2 Å². The molecule has 1 heterocycles. The quantitative estimate of drug-likeness (QED) is 0.535. The molecule has 2 rings (SSSR count). The van der Waals surface area contributed by atoms with E-state index in [1.807, 2.05) is 0 Å². The molecule has 1 aliphatic rings. The van der Waals surface area contributed by atoms with Crippen LogP contribution in [0.15, 0.2) is 18.2 Å². The van der Waals surface area contributed by atoms with Crippen molar-refractivity contribution >= 4 is 33.3 Å². The van der Waals surface area contributed by atoms with Crippen LogP contribution in [-0.4, -0.2) is 16.6 Å². The number of alkyl halides is 1. The number of amides is 1. The van der Waals surface area contributed by atoms with Gasteiger partial charge in [0.2, 0.25) is 5.91 Å². The number of nitrogens with zero attached hydrogens (tertiary/aromatic N) is 1. The van der Waals surface area contributed by atoms with Crippen LogP contribution in [0.1, 0.15) is 17.3 Å². The van der Waals surface area contributed by atoms with Crippen LogP contribution in [0.3, 0.4) is 0 Å². The number of halogens is 2. The Morgan fingerprint density at radius 3 is 2.80 bits per heavy atom. The lowest BCUT2D eigenvalue weighted by molar-refractivity contribution is -0.116. The molecule has 0 bridgehead atoms. The number of benzene rings is 1. The van der Waals surface area contributed by atoms with E-state index >= 15 is 0 Å². The normalized spacial score (nSPS) is 19.3. The Hall–Kier alpha value is -1.23. The van der Waals surface area contributed by atoms with Gasteiger partial charge in [0, 0.05) is 12.5 Å². The second-order valence-electron chi connectivity index (χ2n) is 3.25. The summed E-state index contributed by atoms with van der Waals surface area (Å²) in [6, 6.07) is 3.81. The number of ketones is 1. The number of hydrogen-bond acceptors (Lipinski definition) is 2. The third-order valence-electron chi connectivity index (χ3n) is 2.27. The largest absolute Gasteiger partial charge is 0.291 e. The molecule has 1 aliphatic heterocycles. The molecule has 0 saturated carbocycles. The number of carbonyl (C=O) groups is 2. The van der Waals surface area contributed by atoms with E-state index in [4.69, 9.17) is 0 Å². The lowest BCUT2D eigenvalue weighted by atomic mass is 10.1. The maximum absolute atomic E-state index is 12.9. The second kappa shape index (κ2) is 3.41. The van der Waals surface area contributed by atoms with Crippen LogP contribution in [0.2, 0.25) is 0 Å². The summed E-state index contributed by atoms with van der Waals surface area (Å²) in [5.74, 6) is -1.03. The fourth-order valence-corrected chi connectivity index (χ4v) is 2.37. The molecule has 1 atom stereocenters. The molecule has 1 aromatic rings. The third kappa shape index (κ3) is 1.47. The molecule has 1 aromatic carbocycles. The fraction of sp³-hybridized carbons (Fsp3) is 0.200. The van der Waals surface area contributed by atoms with Crippen LogP contribution in [0.5, 0.6) is 0 Å². The topological polar surface area (TPSA) is 37.4 Å². The minimum atomic E-state index is -0.716. The van der Waals surface area contributed by atoms with Crippen molar-refractivity contribution in [2.24, 2.45) is 0 Å². The summed E-state index contributed by atoms with van der Waals surface area (Å²) >= 11 is 3.11. The average molecular weight is 272 g/mol. The zero-order valence-electron chi connectivity index (χ0n) is 7.83. The first kappa shape index (κ1) is 10.3. The van der Waals surface area contributed by atoms with Crippen LogP contribution in [0.25, 0.3) is 0 Å². The fourth-order valence-electron chi connectivity index (χ4n) is 1.61. The highest BCUT2D eigenvalue weighted by atomic mass is 79.9. The first-order valence-corrected chi connectivity index (χ1v) is 5.21. The van der Waals surface area contributed by atoms with E-state index in [2.05, 4.69) is 15.9 Å². The van der Waals surface area contributed by atoms with E-state index in [9.17, 15) is 14.0 Å². The molecule has 0 saturated heterocycles. The predicted octanol–water partition coefficient (Wildman–Crippen LogP) is 2.10. The van der Waals surface area contributed by atoms with Crippen LogP contribution >= 0.6 is 15.9 Å². The number of Topliss-reactive ketones (excluding diaryl/α,β-unsaturated/α-hetero) is 1. The minimum absolute atomic E-state index is 0.243. The maximum Gasteiger partial charge on any atom is 0.225 e. The monoisotopic (exact) mass is 271 g/mol. The zero-order valence-corrected chi connectivity index (χ0v) is 9.42. The molecule has 15 heavy (non-hydrogen) atoms. The Labute approximate surface area is 94.0 Å². The molecule has 0 N–H and O–H groups in total. The van der Waals surface area contributed by atoms with Crippen molar-refractivity contribution in [1.29, 1.82) is 0 Å². The van der Waals surface area contributed by atoms with Gasteiger partial charge in [0.1, 0.15) is 5.82 Å². The van der Waals surface area contributed by atoms with Crippen LogP contribution in [0, 0.1) is 5.82 Å².